The lowest BCUT2D eigenvalue weighted by molar-refractivity contribution is -0.142. The van der Waals surface area contributed by atoms with Gasteiger partial charge in [0.1, 0.15) is 0 Å². The third-order valence-electron chi connectivity index (χ3n) is 3.99. The molecule has 0 aliphatic carbocycles. The van der Waals surface area contributed by atoms with Crippen LogP contribution in [0.3, 0.4) is 0 Å². The molecule has 1 amide bonds. The molecule has 22 heavy (non-hydrogen) atoms. The number of carbonyl (C=O) groups excluding carboxylic acids is 1. The highest BCUT2D eigenvalue weighted by atomic mass is 16.5. The number of amides is 1. The summed E-state index contributed by atoms with van der Waals surface area (Å²) in [5.41, 5.74) is 0.740. The lowest BCUT2D eigenvalue weighted by Gasteiger charge is -2.31. The molecular weight excluding hydrogens is 286 g/mol. The zero-order chi connectivity index (χ0) is 16.4. The van der Waals surface area contributed by atoms with Crippen LogP contribution in [0.5, 0.6) is 11.5 Å². The Bertz CT molecular complexity index is 584. The number of methoxy groups -OCH3 is 2. The summed E-state index contributed by atoms with van der Waals surface area (Å²) in [5, 5.41) is 9.45. The van der Waals surface area contributed by atoms with Crippen molar-refractivity contribution < 1.29 is 24.2 Å². The lowest BCUT2D eigenvalue weighted by atomic mass is 9.93. The van der Waals surface area contributed by atoms with Crippen molar-refractivity contribution in [1.29, 1.82) is 0 Å². The molecule has 1 aromatic rings. The fraction of sp³-hybridized carbons (Fsp3) is 0.500. The fourth-order valence-corrected chi connectivity index (χ4v) is 3.02. The zero-order valence-corrected chi connectivity index (χ0v) is 13.2. The van der Waals surface area contributed by atoms with Gasteiger partial charge in [-0.1, -0.05) is 6.07 Å². The average Bonchev–Trinajstić information content (AvgIpc) is 2.84. The number of rotatable bonds is 5. The van der Waals surface area contributed by atoms with Gasteiger partial charge in [-0.2, -0.15) is 0 Å². The van der Waals surface area contributed by atoms with Gasteiger partial charge in [-0.05, 0) is 31.5 Å². The Morgan fingerprint density at radius 2 is 1.91 bits per heavy atom. The summed E-state index contributed by atoms with van der Waals surface area (Å²) < 4.78 is 10.5. The minimum absolute atomic E-state index is 0.0204. The molecule has 6 nitrogen and oxygen atoms in total. The molecule has 0 aromatic heterocycles. The standard InChI is InChI=1S/C16H21NO5/c1-9(2)17-14(18)8-11(16(19)20)15(17)10-5-6-12(21-3)13(7-10)22-4/h5-7,9,11,15H,8H2,1-4H3,(H,19,20)/t11-,15+/m0/s1. The second kappa shape index (κ2) is 6.25. The van der Waals surface area contributed by atoms with Gasteiger partial charge in [-0.25, -0.2) is 0 Å². The van der Waals surface area contributed by atoms with E-state index < -0.39 is 17.9 Å². The van der Waals surface area contributed by atoms with Gasteiger partial charge in [0.25, 0.3) is 0 Å². The topological polar surface area (TPSA) is 76.1 Å². The molecule has 1 fully saturated rings. The molecule has 1 aliphatic rings. The highest BCUT2D eigenvalue weighted by Gasteiger charge is 2.45. The quantitative estimate of drug-likeness (QED) is 0.901. The number of hydrogen-bond acceptors (Lipinski definition) is 4. The molecule has 6 heteroatoms. The summed E-state index contributed by atoms with van der Waals surface area (Å²) in [6.07, 6.45) is 0.0204. The Hall–Kier alpha value is -2.24. The maximum Gasteiger partial charge on any atom is 0.309 e. The van der Waals surface area contributed by atoms with E-state index in [9.17, 15) is 14.7 Å². The van der Waals surface area contributed by atoms with Gasteiger partial charge in [0.2, 0.25) is 5.91 Å². The molecule has 2 atom stereocenters. The number of carbonyl (C=O) groups is 2. The summed E-state index contributed by atoms with van der Waals surface area (Å²) >= 11 is 0. The van der Waals surface area contributed by atoms with Crippen LogP contribution < -0.4 is 9.47 Å². The number of ether oxygens (including phenoxy) is 2. The molecule has 0 spiro atoms. The van der Waals surface area contributed by atoms with E-state index in [-0.39, 0.29) is 18.4 Å². The number of benzene rings is 1. The second-order valence-corrected chi connectivity index (χ2v) is 5.60. The highest BCUT2D eigenvalue weighted by Crippen LogP contribution is 2.42. The number of nitrogens with zero attached hydrogens (tertiary/aromatic N) is 1. The number of aliphatic carboxylic acids is 1. The van der Waals surface area contributed by atoms with Crippen molar-refractivity contribution in [2.45, 2.75) is 32.4 Å². The van der Waals surface area contributed by atoms with Crippen molar-refractivity contribution in [3.05, 3.63) is 23.8 Å². The Morgan fingerprint density at radius 3 is 2.41 bits per heavy atom. The van der Waals surface area contributed by atoms with Crippen LogP contribution in [0.15, 0.2) is 18.2 Å². The van der Waals surface area contributed by atoms with Crippen LogP contribution >= 0.6 is 0 Å². The molecule has 0 saturated carbocycles. The van der Waals surface area contributed by atoms with Crippen molar-refractivity contribution in [1.82, 2.24) is 4.90 Å². The summed E-state index contributed by atoms with van der Waals surface area (Å²) in [5.74, 6) is -0.766. The minimum atomic E-state index is -0.962. The Labute approximate surface area is 129 Å². The molecule has 2 rings (SSSR count). The highest BCUT2D eigenvalue weighted by molar-refractivity contribution is 5.87. The van der Waals surface area contributed by atoms with Crippen molar-refractivity contribution in [3.63, 3.8) is 0 Å². The maximum absolute atomic E-state index is 12.2. The fourth-order valence-electron chi connectivity index (χ4n) is 3.02. The zero-order valence-electron chi connectivity index (χ0n) is 13.2. The van der Waals surface area contributed by atoms with Gasteiger partial charge < -0.3 is 19.5 Å². The molecule has 0 unspecified atom stereocenters. The van der Waals surface area contributed by atoms with Crippen LogP contribution in [0.2, 0.25) is 0 Å². The summed E-state index contributed by atoms with van der Waals surface area (Å²) in [6.45, 7) is 3.77. The van der Waals surface area contributed by atoms with E-state index in [4.69, 9.17) is 9.47 Å². The number of hydrogen-bond donors (Lipinski definition) is 1. The molecule has 1 saturated heterocycles. The normalized spacial score (nSPS) is 21.3. The number of likely N-dealkylation sites (tertiary alicyclic amines) is 1. The van der Waals surface area contributed by atoms with Gasteiger partial charge >= 0.3 is 5.97 Å². The van der Waals surface area contributed by atoms with Gasteiger partial charge in [-0.15, -0.1) is 0 Å². The first-order valence-corrected chi connectivity index (χ1v) is 7.16. The first kappa shape index (κ1) is 16.1. The monoisotopic (exact) mass is 307 g/mol. The molecule has 1 N–H and O–H groups in total. The molecule has 1 aliphatic heterocycles. The van der Waals surface area contributed by atoms with Crippen molar-refractivity contribution >= 4 is 11.9 Å². The van der Waals surface area contributed by atoms with E-state index in [1.165, 1.54) is 14.2 Å². The summed E-state index contributed by atoms with van der Waals surface area (Å²) in [6, 6.07) is 4.69. The molecule has 1 aromatic carbocycles. The van der Waals surface area contributed by atoms with Crippen LogP contribution in [0.25, 0.3) is 0 Å². The molecule has 120 valence electrons. The van der Waals surface area contributed by atoms with Crippen LogP contribution in [-0.2, 0) is 9.59 Å². The summed E-state index contributed by atoms with van der Waals surface area (Å²) in [4.78, 5) is 25.4. The van der Waals surface area contributed by atoms with E-state index in [2.05, 4.69) is 0 Å². The number of carboxylic acids is 1. The first-order chi connectivity index (χ1) is 10.4. The predicted molar refractivity (Wildman–Crippen MR) is 80.0 cm³/mol. The SMILES string of the molecule is COc1ccc([C@@H]2[C@@H](C(=O)O)CC(=O)N2C(C)C)cc1OC. The van der Waals surface area contributed by atoms with Gasteiger partial charge in [0.15, 0.2) is 11.5 Å². The predicted octanol–water partition coefficient (Wildman–Crippen LogP) is 2.09. The molecule has 1 heterocycles. The molecular formula is C16H21NO5. The first-order valence-electron chi connectivity index (χ1n) is 7.16. The summed E-state index contributed by atoms with van der Waals surface area (Å²) in [7, 11) is 3.06. The van der Waals surface area contributed by atoms with E-state index in [1.807, 2.05) is 13.8 Å². The molecule has 0 radical (unpaired) electrons. The van der Waals surface area contributed by atoms with Crippen LogP contribution in [0.4, 0.5) is 0 Å². The van der Waals surface area contributed by atoms with Gasteiger partial charge in [0.05, 0.1) is 26.2 Å². The van der Waals surface area contributed by atoms with E-state index in [0.29, 0.717) is 11.5 Å². The largest absolute Gasteiger partial charge is 0.493 e. The number of carboxylic acid groups (broad SMARTS) is 1. The third kappa shape index (κ3) is 2.73. The van der Waals surface area contributed by atoms with Crippen molar-refractivity contribution in [2.24, 2.45) is 5.92 Å². The lowest BCUT2D eigenvalue weighted by Crippen LogP contribution is -2.36. The van der Waals surface area contributed by atoms with Crippen molar-refractivity contribution in [2.75, 3.05) is 14.2 Å². The minimum Gasteiger partial charge on any atom is -0.493 e. The van der Waals surface area contributed by atoms with E-state index >= 15 is 0 Å². The van der Waals surface area contributed by atoms with Crippen LogP contribution in [-0.4, -0.2) is 42.1 Å². The second-order valence-electron chi connectivity index (χ2n) is 5.60. The molecule has 0 bridgehead atoms. The van der Waals surface area contributed by atoms with Gasteiger partial charge in [-0.3, -0.25) is 9.59 Å². The third-order valence-corrected chi connectivity index (χ3v) is 3.99. The average molecular weight is 307 g/mol. The Kier molecular flexibility index (Phi) is 4.59. The maximum atomic E-state index is 12.2. The van der Waals surface area contributed by atoms with Crippen molar-refractivity contribution in [3.8, 4) is 11.5 Å². The van der Waals surface area contributed by atoms with Gasteiger partial charge in [0, 0.05) is 12.5 Å². The van der Waals surface area contributed by atoms with Crippen LogP contribution in [0.1, 0.15) is 31.9 Å². The Balaban J connectivity index is 2.49. The Morgan fingerprint density at radius 1 is 1.27 bits per heavy atom. The van der Waals surface area contributed by atoms with Crippen LogP contribution in [0, 0.1) is 5.92 Å². The van der Waals surface area contributed by atoms with E-state index in [1.54, 1.807) is 23.1 Å². The van der Waals surface area contributed by atoms with E-state index in [0.717, 1.165) is 5.56 Å². The smallest absolute Gasteiger partial charge is 0.309 e.